The van der Waals surface area contributed by atoms with Gasteiger partial charge in [-0.2, -0.15) is 0 Å². The Balaban J connectivity index is 2.40. The Kier molecular flexibility index (Phi) is 4.38. The number of carboxylic acid groups (broad SMARTS) is 1. The van der Waals surface area contributed by atoms with Crippen LogP contribution in [0.2, 0.25) is 0 Å². The predicted molar refractivity (Wildman–Crippen MR) is 79.7 cm³/mol. The van der Waals surface area contributed by atoms with Crippen molar-refractivity contribution in [2.24, 2.45) is 0 Å². The fraction of sp³-hybridized carbons (Fsp3) is 0.118. The minimum absolute atomic E-state index is 0.336. The van der Waals surface area contributed by atoms with E-state index in [4.69, 9.17) is 9.84 Å². The van der Waals surface area contributed by atoms with E-state index in [1.807, 2.05) is 12.1 Å². The Labute approximate surface area is 122 Å². The average Bonchev–Trinajstić information content (AvgIpc) is 2.46. The zero-order chi connectivity index (χ0) is 15.4. The third-order valence-corrected chi connectivity index (χ3v) is 3.15. The van der Waals surface area contributed by atoms with Crippen LogP contribution in [0.15, 0.2) is 48.5 Å². The standard InChI is InChI=1S/C17H15FO3/c1-11(9-17(19)20)12-3-5-13(6-4-12)15-10-14(18)7-8-16(15)21-2/h3-10H,1-2H3,(H,19,20)/b11-9+. The third-order valence-electron chi connectivity index (χ3n) is 3.15. The first-order valence-corrected chi connectivity index (χ1v) is 6.37. The summed E-state index contributed by atoms with van der Waals surface area (Å²) in [7, 11) is 1.53. The van der Waals surface area contributed by atoms with Crippen molar-refractivity contribution in [1.29, 1.82) is 0 Å². The topological polar surface area (TPSA) is 46.5 Å². The predicted octanol–water partition coefficient (Wildman–Crippen LogP) is 3.99. The highest BCUT2D eigenvalue weighted by molar-refractivity contribution is 5.89. The number of methoxy groups -OCH3 is 1. The average molecular weight is 286 g/mol. The molecule has 0 amide bonds. The van der Waals surface area contributed by atoms with Gasteiger partial charge in [-0.1, -0.05) is 24.3 Å². The minimum atomic E-state index is -0.983. The first kappa shape index (κ1) is 14.8. The van der Waals surface area contributed by atoms with Gasteiger partial charge in [-0.05, 0) is 41.8 Å². The second kappa shape index (κ2) is 6.22. The molecule has 0 aliphatic rings. The van der Waals surface area contributed by atoms with Gasteiger partial charge in [0, 0.05) is 11.6 Å². The SMILES string of the molecule is COc1ccc(F)cc1-c1ccc(/C(C)=C/C(=O)O)cc1. The summed E-state index contributed by atoms with van der Waals surface area (Å²) >= 11 is 0. The Morgan fingerprint density at radius 2 is 1.86 bits per heavy atom. The summed E-state index contributed by atoms with van der Waals surface area (Å²) in [6.45, 7) is 1.73. The maximum absolute atomic E-state index is 13.4. The number of rotatable bonds is 4. The highest BCUT2D eigenvalue weighted by Gasteiger charge is 2.08. The van der Waals surface area contributed by atoms with E-state index in [2.05, 4.69) is 0 Å². The van der Waals surface area contributed by atoms with Crippen LogP contribution < -0.4 is 4.74 Å². The first-order valence-electron chi connectivity index (χ1n) is 6.37. The molecule has 0 aliphatic carbocycles. The number of benzene rings is 2. The van der Waals surface area contributed by atoms with Gasteiger partial charge in [0.25, 0.3) is 0 Å². The van der Waals surface area contributed by atoms with Crippen LogP contribution in [0.4, 0.5) is 4.39 Å². The molecule has 3 nitrogen and oxygen atoms in total. The molecule has 0 fully saturated rings. The van der Waals surface area contributed by atoms with Crippen molar-refractivity contribution >= 4 is 11.5 Å². The van der Waals surface area contributed by atoms with E-state index >= 15 is 0 Å². The number of carboxylic acids is 1. The fourth-order valence-corrected chi connectivity index (χ4v) is 2.09. The molecular weight excluding hydrogens is 271 g/mol. The zero-order valence-corrected chi connectivity index (χ0v) is 11.8. The van der Waals surface area contributed by atoms with Crippen molar-refractivity contribution in [2.75, 3.05) is 7.11 Å². The molecule has 0 bridgehead atoms. The van der Waals surface area contributed by atoms with Crippen molar-refractivity contribution in [3.05, 3.63) is 59.9 Å². The van der Waals surface area contributed by atoms with Crippen LogP contribution in [0, 0.1) is 5.82 Å². The maximum Gasteiger partial charge on any atom is 0.328 e. The molecule has 0 heterocycles. The molecule has 108 valence electrons. The number of allylic oxidation sites excluding steroid dienone is 1. The molecule has 2 aromatic carbocycles. The Bertz CT molecular complexity index is 688. The van der Waals surface area contributed by atoms with E-state index in [0.717, 1.165) is 17.2 Å². The molecule has 0 spiro atoms. The quantitative estimate of drug-likeness (QED) is 0.864. The van der Waals surface area contributed by atoms with Gasteiger partial charge in [-0.3, -0.25) is 0 Å². The molecule has 2 rings (SSSR count). The Morgan fingerprint density at radius 3 is 2.43 bits per heavy atom. The summed E-state index contributed by atoms with van der Waals surface area (Å²) < 4.78 is 18.6. The number of hydrogen-bond donors (Lipinski definition) is 1. The monoisotopic (exact) mass is 286 g/mol. The van der Waals surface area contributed by atoms with E-state index in [-0.39, 0.29) is 5.82 Å². The van der Waals surface area contributed by atoms with Gasteiger partial charge in [-0.25, -0.2) is 9.18 Å². The number of ether oxygens (including phenoxy) is 1. The molecule has 0 aliphatic heterocycles. The van der Waals surface area contributed by atoms with Crippen molar-refractivity contribution in [2.45, 2.75) is 6.92 Å². The molecular formula is C17H15FO3. The van der Waals surface area contributed by atoms with Crippen molar-refractivity contribution in [1.82, 2.24) is 0 Å². The number of hydrogen-bond acceptors (Lipinski definition) is 2. The summed E-state index contributed by atoms with van der Waals surface area (Å²) in [5, 5.41) is 8.74. The van der Waals surface area contributed by atoms with Crippen LogP contribution in [0.3, 0.4) is 0 Å². The second-order valence-corrected chi connectivity index (χ2v) is 4.59. The van der Waals surface area contributed by atoms with Gasteiger partial charge < -0.3 is 9.84 Å². The smallest absolute Gasteiger partial charge is 0.328 e. The third kappa shape index (κ3) is 3.48. The lowest BCUT2D eigenvalue weighted by Gasteiger charge is -2.09. The van der Waals surface area contributed by atoms with Gasteiger partial charge in [0.05, 0.1) is 7.11 Å². The highest BCUT2D eigenvalue weighted by Crippen LogP contribution is 2.31. The molecule has 21 heavy (non-hydrogen) atoms. The summed E-state index contributed by atoms with van der Waals surface area (Å²) in [6, 6.07) is 11.6. The minimum Gasteiger partial charge on any atom is -0.496 e. The molecule has 0 radical (unpaired) electrons. The molecule has 0 unspecified atom stereocenters. The normalized spacial score (nSPS) is 11.3. The van der Waals surface area contributed by atoms with Crippen LogP contribution in [0.25, 0.3) is 16.7 Å². The molecule has 0 atom stereocenters. The van der Waals surface area contributed by atoms with Gasteiger partial charge in [-0.15, -0.1) is 0 Å². The summed E-state index contributed by atoms with van der Waals surface area (Å²) in [4.78, 5) is 10.7. The van der Waals surface area contributed by atoms with E-state index in [9.17, 15) is 9.18 Å². The van der Waals surface area contributed by atoms with E-state index in [1.54, 1.807) is 25.1 Å². The van der Waals surface area contributed by atoms with Crippen LogP contribution in [-0.2, 0) is 4.79 Å². The van der Waals surface area contributed by atoms with Crippen LogP contribution in [-0.4, -0.2) is 18.2 Å². The molecule has 0 aromatic heterocycles. The summed E-state index contributed by atoms with van der Waals surface area (Å²) in [6.07, 6.45) is 1.15. The molecule has 0 saturated heterocycles. The zero-order valence-electron chi connectivity index (χ0n) is 11.8. The van der Waals surface area contributed by atoms with Crippen LogP contribution in [0.5, 0.6) is 5.75 Å². The van der Waals surface area contributed by atoms with Gasteiger partial charge in [0.1, 0.15) is 11.6 Å². The lowest BCUT2D eigenvalue weighted by atomic mass is 10.00. The Morgan fingerprint density at radius 1 is 1.19 bits per heavy atom. The van der Waals surface area contributed by atoms with Gasteiger partial charge in [0.2, 0.25) is 0 Å². The largest absolute Gasteiger partial charge is 0.496 e. The second-order valence-electron chi connectivity index (χ2n) is 4.59. The molecule has 4 heteroatoms. The Hall–Kier alpha value is -2.62. The van der Waals surface area contributed by atoms with Crippen molar-refractivity contribution in [3.8, 4) is 16.9 Å². The van der Waals surface area contributed by atoms with Crippen molar-refractivity contribution < 1.29 is 19.0 Å². The summed E-state index contributed by atoms with van der Waals surface area (Å²) in [5.74, 6) is -0.734. The lowest BCUT2D eigenvalue weighted by Crippen LogP contribution is -1.91. The number of carbonyl (C=O) groups is 1. The van der Waals surface area contributed by atoms with E-state index < -0.39 is 5.97 Å². The van der Waals surface area contributed by atoms with E-state index in [0.29, 0.717) is 16.9 Å². The molecule has 0 saturated carbocycles. The van der Waals surface area contributed by atoms with Crippen LogP contribution in [0.1, 0.15) is 12.5 Å². The van der Waals surface area contributed by atoms with E-state index in [1.165, 1.54) is 19.2 Å². The lowest BCUT2D eigenvalue weighted by molar-refractivity contribution is -0.131. The van der Waals surface area contributed by atoms with Gasteiger partial charge >= 0.3 is 5.97 Å². The summed E-state index contributed by atoms with van der Waals surface area (Å²) in [5.41, 5.74) is 2.92. The molecule has 2 aromatic rings. The number of aliphatic carboxylic acids is 1. The van der Waals surface area contributed by atoms with Gasteiger partial charge in [0.15, 0.2) is 0 Å². The fourth-order valence-electron chi connectivity index (χ4n) is 2.09. The number of halogens is 1. The highest BCUT2D eigenvalue weighted by atomic mass is 19.1. The first-order chi connectivity index (χ1) is 10.0. The van der Waals surface area contributed by atoms with Crippen molar-refractivity contribution in [3.63, 3.8) is 0 Å². The molecule has 1 N–H and O–H groups in total. The van der Waals surface area contributed by atoms with Crippen LogP contribution >= 0.6 is 0 Å². The maximum atomic E-state index is 13.4.